The summed E-state index contributed by atoms with van der Waals surface area (Å²) in [5.41, 5.74) is 8.49. The normalized spacial score (nSPS) is 16.6. The molecule has 3 nitrogen and oxygen atoms in total. The Bertz CT molecular complexity index is 483. The van der Waals surface area contributed by atoms with E-state index in [-0.39, 0.29) is 11.3 Å². The average Bonchev–Trinajstić information content (AvgIpc) is 3.27. The van der Waals surface area contributed by atoms with Gasteiger partial charge in [0.05, 0.1) is 6.04 Å². The highest BCUT2D eigenvalue weighted by Crippen LogP contribution is 2.31. The first-order valence-electron chi connectivity index (χ1n) is 7.96. The van der Waals surface area contributed by atoms with Crippen molar-refractivity contribution >= 4 is 5.91 Å². The van der Waals surface area contributed by atoms with Gasteiger partial charge in [0.1, 0.15) is 0 Å². The molecule has 1 saturated carbocycles. The summed E-state index contributed by atoms with van der Waals surface area (Å²) in [6.07, 6.45) is 3.26. The lowest BCUT2D eigenvalue weighted by molar-refractivity contribution is -0.136. The molecule has 0 bridgehead atoms. The number of carbonyl (C=O) groups is 1. The molecule has 0 saturated heterocycles. The lowest BCUT2D eigenvalue weighted by Gasteiger charge is -2.32. The van der Waals surface area contributed by atoms with Crippen molar-refractivity contribution in [3.8, 4) is 0 Å². The van der Waals surface area contributed by atoms with Gasteiger partial charge in [0.15, 0.2) is 0 Å². The maximum absolute atomic E-state index is 12.7. The Balaban J connectivity index is 2.10. The molecule has 116 valence electrons. The van der Waals surface area contributed by atoms with Crippen LogP contribution in [-0.2, 0) is 17.8 Å². The minimum absolute atomic E-state index is 0.0876. The summed E-state index contributed by atoms with van der Waals surface area (Å²) in [7, 11) is 0. The predicted octanol–water partition coefficient (Wildman–Crippen LogP) is 3.11. The summed E-state index contributed by atoms with van der Waals surface area (Å²) in [4.78, 5) is 14.7. The van der Waals surface area contributed by atoms with Crippen LogP contribution in [0.3, 0.4) is 0 Å². The third-order valence-electron chi connectivity index (χ3n) is 4.25. The topological polar surface area (TPSA) is 46.3 Å². The fourth-order valence-electron chi connectivity index (χ4n) is 2.40. The van der Waals surface area contributed by atoms with Gasteiger partial charge in [-0.2, -0.15) is 0 Å². The molecule has 0 spiro atoms. The van der Waals surface area contributed by atoms with Crippen molar-refractivity contribution in [3.63, 3.8) is 0 Å². The van der Waals surface area contributed by atoms with Gasteiger partial charge in [0.25, 0.3) is 0 Å². The number of amides is 1. The number of hydrogen-bond donors (Lipinski definition) is 1. The standard InChI is InChI=1S/C18H28N2O/c1-5-13-6-8-14(9-7-13)12-20(15-10-11-15)17(21)16(19)18(2,3)4/h6-9,15-16H,5,10-12,19H2,1-4H3. The van der Waals surface area contributed by atoms with Crippen LogP contribution in [0.25, 0.3) is 0 Å². The highest BCUT2D eigenvalue weighted by Gasteiger charge is 2.38. The van der Waals surface area contributed by atoms with E-state index in [4.69, 9.17) is 5.73 Å². The van der Waals surface area contributed by atoms with Gasteiger partial charge in [-0.3, -0.25) is 4.79 Å². The van der Waals surface area contributed by atoms with Crippen LogP contribution in [0.2, 0.25) is 0 Å². The summed E-state index contributed by atoms with van der Waals surface area (Å²) in [5.74, 6) is 0.0876. The Labute approximate surface area is 128 Å². The van der Waals surface area contributed by atoms with Crippen LogP contribution >= 0.6 is 0 Å². The van der Waals surface area contributed by atoms with E-state index in [1.54, 1.807) is 0 Å². The van der Waals surface area contributed by atoms with E-state index in [0.717, 1.165) is 19.3 Å². The Morgan fingerprint density at radius 3 is 2.19 bits per heavy atom. The zero-order valence-electron chi connectivity index (χ0n) is 13.7. The van der Waals surface area contributed by atoms with Crippen molar-refractivity contribution in [3.05, 3.63) is 35.4 Å². The molecule has 3 heteroatoms. The summed E-state index contributed by atoms with van der Waals surface area (Å²) in [5, 5.41) is 0. The van der Waals surface area contributed by atoms with Gasteiger partial charge >= 0.3 is 0 Å². The van der Waals surface area contributed by atoms with Gasteiger partial charge < -0.3 is 10.6 Å². The van der Waals surface area contributed by atoms with Gasteiger partial charge in [-0.05, 0) is 35.8 Å². The number of hydrogen-bond acceptors (Lipinski definition) is 2. The zero-order chi connectivity index (χ0) is 15.6. The molecule has 21 heavy (non-hydrogen) atoms. The van der Waals surface area contributed by atoms with Crippen molar-refractivity contribution in [1.29, 1.82) is 0 Å². The van der Waals surface area contributed by atoms with Gasteiger partial charge in [-0.1, -0.05) is 52.0 Å². The SMILES string of the molecule is CCc1ccc(CN(C(=O)C(N)C(C)(C)C)C2CC2)cc1. The van der Waals surface area contributed by atoms with Gasteiger partial charge in [0, 0.05) is 12.6 Å². The van der Waals surface area contributed by atoms with Crippen molar-refractivity contribution in [2.24, 2.45) is 11.1 Å². The van der Waals surface area contributed by atoms with Crippen LogP contribution in [0.15, 0.2) is 24.3 Å². The minimum atomic E-state index is -0.437. The average molecular weight is 288 g/mol. The van der Waals surface area contributed by atoms with E-state index < -0.39 is 6.04 Å². The Morgan fingerprint density at radius 2 is 1.76 bits per heavy atom. The fourth-order valence-corrected chi connectivity index (χ4v) is 2.40. The molecule has 1 aliphatic carbocycles. The summed E-state index contributed by atoms with van der Waals surface area (Å²) >= 11 is 0. The van der Waals surface area contributed by atoms with E-state index in [2.05, 4.69) is 31.2 Å². The summed E-state index contributed by atoms with van der Waals surface area (Å²) < 4.78 is 0. The van der Waals surface area contributed by atoms with E-state index >= 15 is 0 Å². The Kier molecular flexibility index (Phi) is 4.72. The van der Waals surface area contributed by atoms with Crippen molar-refractivity contribution in [1.82, 2.24) is 4.90 Å². The second-order valence-electron chi connectivity index (χ2n) is 7.21. The molecule has 0 radical (unpaired) electrons. The molecule has 0 aliphatic heterocycles. The van der Waals surface area contributed by atoms with Crippen molar-refractivity contribution in [2.45, 2.75) is 65.6 Å². The van der Waals surface area contributed by atoms with Crippen molar-refractivity contribution < 1.29 is 4.79 Å². The van der Waals surface area contributed by atoms with Gasteiger partial charge in [0.2, 0.25) is 5.91 Å². The van der Waals surface area contributed by atoms with Crippen molar-refractivity contribution in [2.75, 3.05) is 0 Å². The van der Waals surface area contributed by atoms with Crippen LogP contribution in [0.1, 0.15) is 51.7 Å². The molecule has 1 aliphatic rings. The van der Waals surface area contributed by atoms with Gasteiger partial charge in [-0.15, -0.1) is 0 Å². The lowest BCUT2D eigenvalue weighted by Crippen LogP contribution is -2.50. The van der Waals surface area contributed by atoms with E-state index in [1.807, 2.05) is 25.7 Å². The third-order valence-corrected chi connectivity index (χ3v) is 4.25. The molecule has 0 heterocycles. The molecule has 1 amide bonds. The molecule has 1 unspecified atom stereocenters. The van der Waals surface area contributed by atoms with E-state index in [0.29, 0.717) is 12.6 Å². The Morgan fingerprint density at radius 1 is 1.24 bits per heavy atom. The quantitative estimate of drug-likeness (QED) is 0.905. The van der Waals surface area contributed by atoms with Crippen LogP contribution in [0.5, 0.6) is 0 Å². The molecule has 1 aromatic carbocycles. The van der Waals surface area contributed by atoms with Crippen LogP contribution in [0, 0.1) is 5.41 Å². The first-order chi connectivity index (χ1) is 9.82. The second kappa shape index (κ2) is 6.18. The highest BCUT2D eigenvalue weighted by atomic mass is 16.2. The van der Waals surface area contributed by atoms with Crippen LogP contribution < -0.4 is 5.73 Å². The molecule has 2 N–H and O–H groups in total. The molecular weight excluding hydrogens is 260 g/mol. The third kappa shape index (κ3) is 4.07. The smallest absolute Gasteiger partial charge is 0.240 e. The number of nitrogens with zero attached hydrogens (tertiary/aromatic N) is 1. The van der Waals surface area contributed by atoms with Crippen LogP contribution in [0.4, 0.5) is 0 Å². The lowest BCUT2D eigenvalue weighted by atomic mass is 9.86. The molecule has 1 fully saturated rings. The molecule has 1 atom stereocenters. The number of rotatable bonds is 5. The second-order valence-corrected chi connectivity index (χ2v) is 7.21. The van der Waals surface area contributed by atoms with Crippen LogP contribution in [-0.4, -0.2) is 22.9 Å². The molecule has 0 aromatic heterocycles. The highest BCUT2D eigenvalue weighted by molar-refractivity contribution is 5.83. The fraction of sp³-hybridized carbons (Fsp3) is 0.611. The largest absolute Gasteiger partial charge is 0.334 e. The maximum Gasteiger partial charge on any atom is 0.240 e. The molecule has 2 rings (SSSR count). The number of benzene rings is 1. The molecular formula is C18H28N2O. The van der Waals surface area contributed by atoms with E-state index in [9.17, 15) is 4.79 Å². The zero-order valence-corrected chi connectivity index (χ0v) is 13.7. The monoisotopic (exact) mass is 288 g/mol. The van der Waals surface area contributed by atoms with Gasteiger partial charge in [-0.25, -0.2) is 0 Å². The predicted molar refractivity (Wildman–Crippen MR) is 86.8 cm³/mol. The summed E-state index contributed by atoms with van der Waals surface area (Å²) in [6.45, 7) is 8.90. The Hall–Kier alpha value is -1.35. The number of carbonyl (C=O) groups excluding carboxylic acids is 1. The maximum atomic E-state index is 12.7. The number of nitrogens with two attached hydrogens (primary N) is 1. The first-order valence-corrected chi connectivity index (χ1v) is 7.96. The molecule has 1 aromatic rings. The summed E-state index contributed by atoms with van der Waals surface area (Å²) in [6, 6.07) is 8.50. The number of aryl methyl sites for hydroxylation is 1. The first kappa shape index (κ1) is 16.0. The minimum Gasteiger partial charge on any atom is -0.334 e. The van der Waals surface area contributed by atoms with E-state index in [1.165, 1.54) is 11.1 Å².